The van der Waals surface area contributed by atoms with E-state index in [1.54, 1.807) is 0 Å². The third-order valence-electron chi connectivity index (χ3n) is 5.46. The molecule has 0 radical (unpaired) electrons. The second-order valence-electron chi connectivity index (χ2n) is 7.23. The molecular weight excluding hydrogens is 369 g/mol. The summed E-state index contributed by atoms with van der Waals surface area (Å²) in [5.41, 5.74) is 3.63. The van der Waals surface area contributed by atoms with Gasteiger partial charge in [0.1, 0.15) is 0 Å². The summed E-state index contributed by atoms with van der Waals surface area (Å²) in [6.45, 7) is 0. The lowest BCUT2D eigenvalue weighted by molar-refractivity contribution is 0.426. The molecule has 3 nitrogen and oxygen atoms in total. The second-order valence-corrected chi connectivity index (χ2v) is 7.23. The molecule has 0 atom stereocenters. The van der Waals surface area contributed by atoms with Gasteiger partial charge < -0.3 is 14.9 Å². The highest BCUT2D eigenvalue weighted by atomic mass is 16.4. The van der Waals surface area contributed by atoms with Crippen LogP contribution in [0.2, 0.25) is 0 Å². The van der Waals surface area contributed by atoms with Gasteiger partial charge in [-0.1, -0.05) is 84.9 Å². The van der Waals surface area contributed by atoms with E-state index in [-0.39, 0.29) is 0 Å². The zero-order chi connectivity index (χ0) is 20.5. The first-order valence-electron chi connectivity index (χ1n) is 9.95. The summed E-state index contributed by atoms with van der Waals surface area (Å²) in [4.78, 5) is 2.23. The van der Waals surface area contributed by atoms with E-state index in [2.05, 4.69) is 29.2 Å². The molecule has 0 fully saturated rings. The minimum Gasteiger partial charge on any atom is -0.423 e. The number of hydrogen-bond donors (Lipinski definition) is 2. The van der Waals surface area contributed by atoms with E-state index in [9.17, 15) is 10.0 Å². The van der Waals surface area contributed by atoms with E-state index < -0.39 is 7.12 Å². The van der Waals surface area contributed by atoms with Crippen LogP contribution in [0.3, 0.4) is 0 Å². The fourth-order valence-corrected chi connectivity index (χ4v) is 4.22. The van der Waals surface area contributed by atoms with Gasteiger partial charge in [-0.25, -0.2) is 0 Å². The maximum Gasteiger partial charge on any atom is 0.489 e. The molecule has 0 heterocycles. The Morgan fingerprint density at radius 1 is 0.467 bits per heavy atom. The average Bonchev–Trinajstić information content (AvgIpc) is 2.80. The van der Waals surface area contributed by atoms with Gasteiger partial charge in [0, 0.05) is 22.1 Å². The summed E-state index contributed by atoms with van der Waals surface area (Å²) in [6, 6.07) is 36.3. The molecule has 30 heavy (non-hydrogen) atoms. The van der Waals surface area contributed by atoms with E-state index in [1.807, 2.05) is 84.9 Å². The smallest absolute Gasteiger partial charge is 0.423 e. The number of rotatable bonds is 4. The fourth-order valence-electron chi connectivity index (χ4n) is 4.22. The van der Waals surface area contributed by atoms with E-state index in [0.29, 0.717) is 5.46 Å². The topological polar surface area (TPSA) is 43.7 Å². The Labute approximate surface area is 175 Å². The minimum absolute atomic E-state index is 0.533. The van der Waals surface area contributed by atoms with E-state index in [4.69, 9.17) is 0 Å². The van der Waals surface area contributed by atoms with Crippen molar-refractivity contribution in [2.24, 2.45) is 0 Å². The second kappa shape index (κ2) is 7.67. The van der Waals surface area contributed by atoms with Crippen molar-refractivity contribution in [2.75, 3.05) is 4.90 Å². The molecule has 0 unspecified atom stereocenters. The van der Waals surface area contributed by atoms with Crippen molar-refractivity contribution in [1.29, 1.82) is 0 Å². The Morgan fingerprint density at radius 2 is 0.833 bits per heavy atom. The minimum atomic E-state index is -1.56. The molecule has 0 saturated carbocycles. The van der Waals surface area contributed by atoms with Crippen LogP contribution in [0.1, 0.15) is 0 Å². The molecule has 0 amide bonds. The van der Waals surface area contributed by atoms with Crippen LogP contribution in [0.5, 0.6) is 0 Å². The van der Waals surface area contributed by atoms with Crippen molar-refractivity contribution in [1.82, 2.24) is 0 Å². The molecule has 5 rings (SSSR count). The number of benzene rings is 5. The highest BCUT2D eigenvalue weighted by Crippen LogP contribution is 2.42. The Bertz CT molecular complexity index is 1220. The average molecular weight is 389 g/mol. The van der Waals surface area contributed by atoms with Crippen LogP contribution in [0.4, 0.5) is 17.1 Å². The van der Waals surface area contributed by atoms with Gasteiger partial charge in [0.25, 0.3) is 0 Å². The monoisotopic (exact) mass is 389 g/mol. The number of para-hydroxylation sites is 2. The lowest BCUT2D eigenvalue weighted by Gasteiger charge is -2.29. The zero-order valence-corrected chi connectivity index (χ0v) is 16.3. The van der Waals surface area contributed by atoms with E-state index in [0.717, 1.165) is 38.6 Å². The first kappa shape index (κ1) is 18.4. The first-order chi connectivity index (χ1) is 14.8. The Kier molecular flexibility index (Phi) is 4.72. The first-order valence-corrected chi connectivity index (χ1v) is 9.95. The van der Waals surface area contributed by atoms with E-state index in [1.165, 1.54) is 0 Å². The standard InChI is InChI=1S/C26H20BNO2/c29-27(30)25-21-15-7-9-17-23(21)26(24-18-10-8-16-22(24)25)28(19-11-3-1-4-12-19)20-13-5-2-6-14-20/h1-18,29-30H. The third kappa shape index (κ3) is 3.03. The number of fused-ring (bicyclic) bond motifs is 2. The molecule has 0 aromatic heterocycles. The zero-order valence-electron chi connectivity index (χ0n) is 16.3. The van der Waals surface area contributed by atoms with E-state index >= 15 is 0 Å². The summed E-state index contributed by atoms with van der Waals surface area (Å²) in [7, 11) is -1.56. The molecule has 0 aliphatic carbocycles. The maximum atomic E-state index is 10.2. The summed E-state index contributed by atoms with van der Waals surface area (Å²) in [5.74, 6) is 0. The van der Waals surface area contributed by atoms with Crippen LogP contribution in [-0.2, 0) is 0 Å². The Balaban J connectivity index is 1.96. The quantitative estimate of drug-likeness (QED) is 0.330. The van der Waals surface area contributed by atoms with Crippen molar-refractivity contribution in [3.63, 3.8) is 0 Å². The predicted octanol–water partition coefficient (Wildman–Crippen LogP) is 5.14. The van der Waals surface area contributed by atoms with Gasteiger partial charge in [-0.05, 0) is 40.5 Å². The van der Waals surface area contributed by atoms with Gasteiger partial charge in [-0.2, -0.15) is 0 Å². The molecule has 0 bridgehead atoms. The van der Waals surface area contributed by atoms with Gasteiger partial charge >= 0.3 is 7.12 Å². The van der Waals surface area contributed by atoms with Gasteiger partial charge in [0.15, 0.2) is 0 Å². The third-order valence-corrected chi connectivity index (χ3v) is 5.46. The summed E-state index contributed by atoms with van der Waals surface area (Å²) < 4.78 is 0. The largest absolute Gasteiger partial charge is 0.489 e. The van der Waals surface area contributed by atoms with Crippen LogP contribution in [0.15, 0.2) is 109 Å². The molecule has 5 aromatic rings. The van der Waals surface area contributed by atoms with Crippen molar-refractivity contribution >= 4 is 51.2 Å². The molecule has 5 aromatic carbocycles. The summed E-state index contributed by atoms with van der Waals surface area (Å²) >= 11 is 0. The molecule has 0 aliphatic rings. The Morgan fingerprint density at radius 3 is 1.23 bits per heavy atom. The SMILES string of the molecule is OB(O)c1c2ccccc2c(N(c2ccccc2)c2ccccc2)c2ccccc12. The van der Waals surface area contributed by atoms with Crippen molar-refractivity contribution in [3.05, 3.63) is 109 Å². The van der Waals surface area contributed by atoms with Crippen LogP contribution in [0.25, 0.3) is 21.5 Å². The van der Waals surface area contributed by atoms with Gasteiger partial charge in [-0.15, -0.1) is 0 Å². The highest BCUT2D eigenvalue weighted by molar-refractivity contribution is 6.66. The van der Waals surface area contributed by atoms with Crippen molar-refractivity contribution in [3.8, 4) is 0 Å². The molecule has 0 saturated heterocycles. The number of nitrogens with zero attached hydrogens (tertiary/aromatic N) is 1. The predicted molar refractivity (Wildman–Crippen MR) is 126 cm³/mol. The molecule has 4 heteroatoms. The lowest BCUT2D eigenvalue weighted by atomic mass is 9.73. The molecular formula is C26H20BNO2. The summed E-state index contributed by atoms with van der Waals surface area (Å²) in [6.07, 6.45) is 0. The van der Waals surface area contributed by atoms with Gasteiger partial charge in [0.2, 0.25) is 0 Å². The number of anilines is 3. The van der Waals surface area contributed by atoms with Crippen LogP contribution < -0.4 is 10.4 Å². The maximum absolute atomic E-state index is 10.2. The summed E-state index contributed by atoms with van der Waals surface area (Å²) in [5, 5.41) is 24.0. The van der Waals surface area contributed by atoms with Crippen molar-refractivity contribution in [2.45, 2.75) is 0 Å². The fraction of sp³-hybridized carbons (Fsp3) is 0. The van der Waals surface area contributed by atoms with Crippen LogP contribution in [-0.4, -0.2) is 17.2 Å². The van der Waals surface area contributed by atoms with Crippen LogP contribution in [0, 0.1) is 0 Å². The van der Waals surface area contributed by atoms with Crippen molar-refractivity contribution < 1.29 is 10.0 Å². The van der Waals surface area contributed by atoms with Gasteiger partial charge in [0.05, 0.1) is 5.69 Å². The molecule has 144 valence electrons. The molecule has 0 aliphatic heterocycles. The lowest BCUT2D eigenvalue weighted by Crippen LogP contribution is -2.32. The Hall–Kier alpha value is -3.60. The molecule has 2 N–H and O–H groups in total. The highest BCUT2D eigenvalue weighted by Gasteiger charge is 2.25. The number of hydrogen-bond acceptors (Lipinski definition) is 3. The van der Waals surface area contributed by atoms with Crippen LogP contribution >= 0.6 is 0 Å². The normalized spacial score (nSPS) is 11.0. The van der Waals surface area contributed by atoms with Gasteiger partial charge in [-0.3, -0.25) is 0 Å². The molecule has 0 spiro atoms.